The summed E-state index contributed by atoms with van der Waals surface area (Å²) in [6.45, 7) is 1.15. The Hall–Kier alpha value is -1.86. The summed E-state index contributed by atoms with van der Waals surface area (Å²) < 4.78 is 0. The highest BCUT2D eigenvalue weighted by molar-refractivity contribution is 5.76. The molecule has 0 heterocycles. The zero-order valence-electron chi connectivity index (χ0n) is 12.9. The van der Waals surface area contributed by atoms with Crippen molar-refractivity contribution in [3.05, 3.63) is 70.8 Å². The maximum Gasteiger partial charge on any atom is 0.0102 e. The van der Waals surface area contributed by atoms with Gasteiger partial charge in [0, 0.05) is 5.92 Å². The summed E-state index contributed by atoms with van der Waals surface area (Å²) >= 11 is 0. The molecular weight excluding hydrogens is 254 g/mol. The third kappa shape index (κ3) is 3.08. The van der Waals surface area contributed by atoms with E-state index in [2.05, 4.69) is 79.7 Å². The van der Waals surface area contributed by atoms with Crippen LogP contribution in [-0.4, -0.2) is 25.5 Å². The second-order valence-corrected chi connectivity index (χ2v) is 6.09. The van der Waals surface area contributed by atoms with Gasteiger partial charge in [-0.2, -0.15) is 0 Å². The average molecular weight is 277 g/mol. The van der Waals surface area contributed by atoms with Gasteiger partial charge in [-0.3, -0.25) is 0 Å². The van der Waals surface area contributed by atoms with Crippen molar-refractivity contribution in [2.45, 2.75) is 18.8 Å². The van der Waals surface area contributed by atoms with Crippen LogP contribution in [0, 0.1) is 0 Å². The van der Waals surface area contributed by atoms with E-state index in [0.717, 1.165) is 6.54 Å². The molecule has 108 valence electrons. The van der Waals surface area contributed by atoms with Gasteiger partial charge in [-0.1, -0.05) is 60.7 Å². The highest BCUT2D eigenvalue weighted by atomic mass is 15.0. The normalized spacial score (nSPS) is 13.9. The van der Waals surface area contributed by atoms with Crippen molar-refractivity contribution in [3.63, 3.8) is 0 Å². The van der Waals surface area contributed by atoms with Crippen molar-refractivity contribution >= 4 is 12.2 Å². The van der Waals surface area contributed by atoms with Gasteiger partial charge in [0.15, 0.2) is 0 Å². The minimum Gasteiger partial charge on any atom is -0.309 e. The number of benzene rings is 2. The van der Waals surface area contributed by atoms with E-state index < -0.39 is 0 Å². The Balaban J connectivity index is 1.98. The summed E-state index contributed by atoms with van der Waals surface area (Å²) in [5.41, 5.74) is 5.67. The smallest absolute Gasteiger partial charge is 0.0102 e. The minimum atomic E-state index is 0.507. The fourth-order valence-electron chi connectivity index (χ4n) is 3.23. The van der Waals surface area contributed by atoms with Gasteiger partial charge >= 0.3 is 0 Å². The highest BCUT2D eigenvalue weighted by Gasteiger charge is 2.20. The van der Waals surface area contributed by atoms with E-state index in [-0.39, 0.29) is 0 Å². The quantitative estimate of drug-likeness (QED) is 0.786. The van der Waals surface area contributed by atoms with Gasteiger partial charge in [0.2, 0.25) is 0 Å². The van der Waals surface area contributed by atoms with Gasteiger partial charge in [0.25, 0.3) is 0 Å². The summed E-state index contributed by atoms with van der Waals surface area (Å²) in [6, 6.07) is 17.7. The molecule has 0 amide bonds. The first kappa shape index (κ1) is 14.1. The van der Waals surface area contributed by atoms with Gasteiger partial charge in [-0.15, -0.1) is 0 Å². The summed E-state index contributed by atoms with van der Waals surface area (Å²) in [5, 5.41) is 0. The largest absolute Gasteiger partial charge is 0.309 e. The molecule has 0 atom stereocenters. The van der Waals surface area contributed by atoms with Gasteiger partial charge in [-0.05, 0) is 55.7 Å². The summed E-state index contributed by atoms with van der Waals surface area (Å²) in [4.78, 5) is 2.27. The summed E-state index contributed by atoms with van der Waals surface area (Å²) in [6.07, 6.45) is 6.95. The Labute approximate surface area is 127 Å². The van der Waals surface area contributed by atoms with E-state index >= 15 is 0 Å². The monoisotopic (exact) mass is 277 g/mol. The van der Waals surface area contributed by atoms with Crippen molar-refractivity contribution in [1.82, 2.24) is 4.90 Å². The highest BCUT2D eigenvalue weighted by Crippen LogP contribution is 2.37. The third-order valence-electron chi connectivity index (χ3n) is 4.28. The van der Waals surface area contributed by atoms with Crippen LogP contribution in [0.4, 0.5) is 0 Å². The molecule has 0 unspecified atom stereocenters. The van der Waals surface area contributed by atoms with E-state index in [4.69, 9.17) is 0 Å². The van der Waals surface area contributed by atoms with Crippen LogP contribution >= 0.6 is 0 Å². The SMILES string of the molecule is CN(C)CCCC1c2ccccc2C=Cc2ccccc21. The summed E-state index contributed by atoms with van der Waals surface area (Å²) in [5.74, 6) is 0.507. The fraction of sp³-hybridized carbons (Fsp3) is 0.300. The zero-order chi connectivity index (χ0) is 14.7. The molecule has 1 nitrogen and oxygen atoms in total. The summed E-state index contributed by atoms with van der Waals surface area (Å²) in [7, 11) is 4.30. The lowest BCUT2D eigenvalue weighted by atomic mass is 9.84. The second kappa shape index (κ2) is 6.28. The molecule has 0 saturated carbocycles. The third-order valence-corrected chi connectivity index (χ3v) is 4.28. The van der Waals surface area contributed by atoms with Crippen LogP contribution in [0.25, 0.3) is 12.2 Å². The zero-order valence-corrected chi connectivity index (χ0v) is 12.9. The topological polar surface area (TPSA) is 3.24 Å². The Kier molecular flexibility index (Phi) is 4.21. The second-order valence-electron chi connectivity index (χ2n) is 6.09. The molecule has 0 saturated heterocycles. The predicted molar refractivity (Wildman–Crippen MR) is 91.4 cm³/mol. The van der Waals surface area contributed by atoms with Crippen LogP contribution in [0.3, 0.4) is 0 Å². The van der Waals surface area contributed by atoms with Crippen LogP contribution < -0.4 is 0 Å². The van der Waals surface area contributed by atoms with Gasteiger partial charge in [0.1, 0.15) is 0 Å². The Bertz CT molecular complexity index is 590. The Morgan fingerprint density at radius 2 is 1.33 bits per heavy atom. The Morgan fingerprint density at radius 1 is 0.810 bits per heavy atom. The predicted octanol–water partition coefficient (Wildman–Crippen LogP) is 4.64. The van der Waals surface area contributed by atoms with Gasteiger partial charge in [0.05, 0.1) is 0 Å². The first-order valence-corrected chi connectivity index (χ1v) is 7.76. The lowest BCUT2D eigenvalue weighted by Gasteiger charge is -2.21. The average Bonchev–Trinajstić information content (AvgIpc) is 2.65. The number of fused-ring (bicyclic) bond motifs is 2. The van der Waals surface area contributed by atoms with Crippen molar-refractivity contribution in [2.75, 3.05) is 20.6 Å². The van der Waals surface area contributed by atoms with Crippen molar-refractivity contribution in [3.8, 4) is 0 Å². The molecule has 0 N–H and O–H groups in total. The van der Waals surface area contributed by atoms with Crippen LogP contribution in [0.2, 0.25) is 0 Å². The van der Waals surface area contributed by atoms with Crippen molar-refractivity contribution in [2.24, 2.45) is 0 Å². The molecule has 1 aliphatic carbocycles. The number of hydrogen-bond acceptors (Lipinski definition) is 1. The van der Waals surface area contributed by atoms with Crippen LogP contribution in [-0.2, 0) is 0 Å². The molecule has 0 spiro atoms. The molecule has 2 aromatic rings. The molecule has 1 aliphatic rings. The van der Waals surface area contributed by atoms with Gasteiger partial charge in [-0.25, -0.2) is 0 Å². The number of hydrogen-bond donors (Lipinski definition) is 0. The fourth-order valence-corrected chi connectivity index (χ4v) is 3.23. The molecule has 0 bridgehead atoms. The molecule has 21 heavy (non-hydrogen) atoms. The van der Waals surface area contributed by atoms with E-state index in [1.807, 2.05) is 0 Å². The molecular formula is C20H23N. The first-order valence-electron chi connectivity index (χ1n) is 7.76. The Morgan fingerprint density at radius 3 is 1.86 bits per heavy atom. The molecule has 0 radical (unpaired) electrons. The molecule has 3 rings (SSSR count). The molecule has 2 aromatic carbocycles. The lowest BCUT2D eigenvalue weighted by Crippen LogP contribution is -2.14. The lowest BCUT2D eigenvalue weighted by molar-refractivity contribution is 0.389. The molecule has 0 aromatic heterocycles. The maximum atomic E-state index is 2.29. The number of nitrogens with zero attached hydrogens (tertiary/aromatic N) is 1. The number of rotatable bonds is 4. The minimum absolute atomic E-state index is 0.507. The van der Waals surface area contributed by atoms with Crippen LogP contribution in [0.5, 0.6) is 0 Å². The van der Waals surface area contributed by atoms with Gasteiger partial charge < -0.3 is 4.90 Å². The van der Waals surface area contributed by atoms with E-state index in [0.29, 0.717) is 5.92 Å². The first-order chi connectivity index (χ1) is 10.3. The van der Waals surface area contributed by atoms with E-state index in [1.54, 1.807) is 0 Å². The van der Waals surface area contributed by atoms with Crippen molar-refractivity contribution in [1.29, 1.82) is 0 Å². The van der Waals surface area contributed by atoms with Crippen LogP contribution in [0.15, 0.2) is 48.5 Å². The van der Waals surface area contributed by atoms with E-state index in [1.165, 1.54) is 35.1 Å². The van der Waals surface area contributed by atoms with Crippen molar-refractivity contribution < 1.29 is 0 Å². The van der Waals surface area contributed by atoms with Crippen LogP contribution in [0.1, 0.15) is 41.0 Å². The molecule has 1 heteroatoms. The van der Waals surface area contributed by atoms with E-state index in [9.17, 15) is 0 Å². The molecule has 0 aliphatic heterocycles. The standard InChI is InChI=1S/C20H23N/c1-21(2)15-7-12-20-18-10-5-3-8-16(18)13-14-17-9-4-6-11-19(17)20/h3-6,8-11,13-14,20H,7,12,15H2,1-2H3. The maximum absolute atomic E-state index is 2.29. The molecule has 0 fully saturated rings.